The number of amides is 2. The highest BCUT2D eigenvalue weighted by molar-refractivity contribution is 5.87. The summed E-state index contributed by atoms with van der Waals surface area (Å²) in [4.78, 5) is 19.0. The second kappa shape index (κ2) is 7.71. The third kappa shape index (κ3) is 3.32. The van der Waals surface area contributed by atoms with Gasteiger partial charge in [-0.15, -0.1) is 0 Å². The van der Waals surface area contributed by atoms with Crippen molar-refractivity contribution in [3.8, 4) is 5.75 Å². The van der Waals surface area contributed by atoms with Crippen LogP contribution in [0.3, 0.4) is 0 Å². The number of hydrogen-bond acceptors (Lipinski definition) is 2. The molecule has 30 heavy (non-hydrogen) atoms. The molecule has 1 atom stereocenters. The number of ether oxygens (including phenoxy) is 1. The number of urea groups is 1. The third-order valence-electron chi connectivity index (χ3n) is 6.67. The van der Waals surface area contributed by atoms with Crippen molar-refractivity contribution in [2.24, 2.45) is 0 Å². The lowest BCUT2D eigenvalue weighted by molar-refractivity contribution is 0.175. The SMILES string of the molecule is COc1ccc2[nH]c3c(c2c1)CCN(C(=O)NC1CCCC1)C3c1ccc(C)cc1. The van der Waals surface area contributed by atoms with Crippen molar-refractivity contribution in [2.45, 2.75) is 51.1 Å². The van der Waals surface area contributed by atoms with Gasteiger partial charge in [0.05, 0.1) is 13.2 Å². The number of rotatable bonds is 3. The normalized spacial score (nSPS) is 19.1. The molecule has 0 saturated heterocycles. The van der Waals surface area contributed by atoms with Gasteiger partial charge in [0, 0.05) is 29.2 Å². The smallest absolute Gasteiger partial charge is 0.318 e. The van der Waals surface area contributed by atoms with Crippen LogP contribution in [0, 0.1) is 6.92 Å². The van der Waals surface area contributed by atoms with E-state index in [0.29, 0.717) is 12.6 Å². The van der Waals surface area contributed by atoms with E-state index in [4.69, 9.17) is 4.74 Å². The average molecular weight is 404 g/mol. The van der Waals surface area contributed by atoms with E-state index in [1.807, 2.05) is 11.0 Å². The maximum absolute atomic E-state index is 13.3. The number of methoxy groups -OCH3 is 1. The molecule has 1 aliphatic carbocycles. The predicted octanol–water partition coefficient (Wildman–Crippen LogP) is 5.08. The maximum atomic E-state index is 13.3. The van der Waals surface area contributed by atoms with E-state index >= 15 is 0 Å². The standard InChI is InChI=1S/C25H29N3O2/c1-16-7-9-17(10-8-16)24-23-20(21-15-19(30-2)11-12-22(21)27-23)13-14-28(24)25(29)26-18-5-3-4-6-18/h7-12,15,18,24,27H,3-6,13-14H2,1-2H3,(H,26,29). The Balaban J connectivity index is 1.57. The number of carbonyl (C=O) groups excluding carboxylic acids is 1. The minimum atomic E-state index is -0.117. The highest BCUT2D eigenvalue weighted by Crippen LogP contribution is 2.39. The second-order valence-electron chi connectivity index (χ2n) is 8.62. The van der Waals surface area contributed by atoms with Gasteiger partial charge in [-0.2, -0.15) is 0 Å². The van der Waals surface area contributed by atoms with Gasteiger partial charge in [-0.25, -0.2) is 4.79 Å². The zero-order valence-electron chi connectivity index (χ0n) is 17.7. The van der Waals surface area contributed by atoms with Crippen LogP contribution in [0.2, 0.25) is 0 Å². The summed E-state index contributed by atoms with van der Waals surface area (Å²) >= 11 is 0. The van der Waals surface area contributed by atoms with E-state index in [-0.39, 0.29) is 12.1 Å². The first kappa shape index (κ1) is 19.0. The number of aryl methyl sites for hydroxylation is 1. The molecule has 1 fully saturated rings. The molecule has 0 bridgehead atoms. The molecule has 5 nitrogen and oxygen atoms in total. The molecule has 2 aromatic carbocycles. The van der Waals surface area contributed by atoms with Gasteiger partial charge in [-0.1, -0.05) is 42.7 Å². The van der Waals surface area contributed by atoms with E-state index in [0.717, 1.165) is 41.8 Å². The first-order valence-corrected chi connectivity index (χ1v) is 11.0. The lowest BCUT2D eigenvalue weighted by atomic mass is 9.92. The van der Waals surface area contributed by atoms with Crippen LogP contribution in [0.4, 0.5) is 4.79 Å². The maximum Gasteiger partial charge on any atom is 0.318 e. The van der Waals surface area contributed by atoms with Crippen molar-refractivity contribution in [3.63, 3.8) is 0 Å². The molecule has 5 rings (SSSR count). The Bertz CT molecular complexity index is 1060. The number of carbonyl (C=O) groups is 1. The van der Waals surface area contributed by atoms with Gasteiger partial charge in [0.2, 0.25) is 0 Å². The molecule has 0 spiro atoms. The first-order chi connectivity index (χ1) is 14.6. The van der Waals surface area contributed by atoms with Crippen LogP contribution in [-0.2, 0) is 6.42 Å². The summed E-state index contributed by atoms with van der Waals surface area (Å²) in [6, 6.07) is 15.0. The number of H-pyrrole nitrogens is 1. The lowest BCUT2D eigenvalue weighted by Crippen LogP contribution is -2.48. The van der Waals surface area contributed by atoms with Crippen LogP contribution in [0.25, 0.3) is 10.9 Å². The van der Waals surface area contributed by atoms with Gasteiger partial charge in [0.25, 0.3) is 0 Å². The molecular formula is C25H29N3O2. The van der Waals surface area contributed by atoms with Crippen LogP contribution >= 0.6 is 0 Å². The first-order valence-electron chi connectivity index (χ1n) is 11.0. The van der Waals surface area contributed by atoms with Crippen molar-refractivity contribution < 1.29 is 9.53 Å². The fourth-order valence-corrected chi connectivity index (χ4v) is 5.04. The topological polar surface area (TPSA) is 57.4 Å². The minimum Gasteiger partial charge on any atom is -0.497 e. The summed E-state index contributed by atoms with van der Waals surface area (Å²) in [6.07, 6.45) is 5.43. The molecule has 3 aromatic rings. The van der Waals surface area contributed by atoms with Crippen molar-refractivity contribution in [3.05, 3.63) is 64.8 Å². The van der Waals surface area contributed by atoms with Gasteiger partial charge in [0.15, 0.2) is 0 Å². The molecule has 2 N–H and O–H groups in total. The molecular weight excluding hydrogens is 374 g/mol. The van der Waals surface area contributed by atoms with E-state index in [2.05, 4.69) is 53.6 Å². The minimum absolute atomic E-state index is 0.0503. The summed E-state index contributed by atoms with van der Waals surface area (Å²) in [7, 11) is 1.70. The molecule has 5 heteroatoms. The van der Waals surface area contributed by atoms with Gasteiger partial charge >= 0.3 is 6.03 Å². The Morgan fingerprint density at radius 3 is 2.63 bits per heavy atom. The van der Waals surface area contributed by atoms with Crippen molar-refractivity contribution >= 4 is 16.9 Å². The third-order valence-corrected chi connectivity index (χ3v) is 6.67. The molecule has 1 aliphatic heterocycles. The highest BCUT2D eigenvalue weighted by Gasteiger charge is 2.35. The van der Waals surface area contributed by atoms with Crippen LogP contribution < -0.4 is 10.1 Å². The Morgan fingerprint density at radius 2 is 1.90 bits per heavy atom. The summed E-state index contributed by atoms with van der Waals surface area (Å²) < 4.78 is 5.45. The highest BCUT2D eigenvalue weighted by atomic mass is 16.5. The lowest BCUT2D eigenvalue weighted by Gasteiger charge is -2.37. The van der Waals surface area contributed by atoms with E-state index < -0.39 is 0 Å². The molecule has 0 radical (unpaired) electrons. The fraction of sp³-hybridized carbons (Fsp3) is 0.400. The quantitative estimate of drug-likeness (QED) is 0.640. The number of nitrogens with zero attached hydrogens (tertiary/aromatic N) is 1. The number of nitrogens with one attached hydrogen (secondary N) is 2. The number of benzene rings is 2. The van der Waals surface area contributed by atoms with Gasteiger partial charge in [-0.05, 0) is 55.5 Å². The molecule has 156 valence electrons. The Kier molecular flexibility index (Phi) is 4.89. The molecule has 2 heterocycles. The zero-order valence-corrected chi connectivity index (χ0v) is 17.7. The Morgan fingerprint density at radius 1 is 1.13 bits per heavy atom. The van der Waals surface area contributed by atoms with Gasteiger partial charge in [0.1, 0.15) is 5.75 Å². The molecule has 2 aliphatic rings. The largest absolute Gasteiger partial charge is 0.497 e. The number of fused-ring (bicyclic) bond motifs is 3. The number of aromatic nitrogens is 1. The van der Waals surface area contributed by atoms with Gasteiger partial charge in [-0.3, -0.25) is 0 Å². The summed E-state index contributed by atoms with van der Waals surface area (Å²) in [5.41, 5.74) is 5.87. The zero-order chi connectivity index (χ0) is 20.7. The van der Waals surface area contributed by atoms with Crippen LogP contribution in [0.1, 0.15) is 54.1 Å². The Labute approximate surface area is 177 Å². The molecule has 1 saturated carbocycles. The summed E-state index contributed by atoms with van der Waals surface area (Å²) in [5, 5.41) is 4.49. The Hall–Kier alpha value is -2.95. The molecule has 1 unspecified atom stereocenters. The molecule has 2 amide bonds. The molecule has 1 aromatic heterocycles. The van der Waals surface area contributed by atoms with Gasteiger partial charge < -0.3 is 19.9 Å². The fourth-order valence-electron chi connectivity index (χ4n) is 5.04. The van der Waals surface area contributed by atoms with Crippen LogP contribution in [-0.4, -0.2) is 35.6 Å². The second-order valence-corrected chi connectivity index (χ2v) is 8.62. The van der Waals surface area contributed by atoms with E-state index in [1.165, 1.54) is 29.4 Å². The average Bonchev–Trinajstić information content (AvgIpc) is 3.40. The number of aromatic amines is 1. The monoisotopic (exact) mass is 403 g/mol. The van der Waals surface area contributed by atoms with Crippen LogP contribution in [0.5, 0.6) is 5.75 Å². The van der Waals surface area contributed by atoms with Crippen molar-refractivity contribution in [1.29, 1.82) is 0 Å². The van der Waals surface area contributed by atoms with Crippen molar-refractivity contribution in [1.82, 2.24) is 15.2 Å². The van der Waals surface area contributed by atoms with Crippen molar-refractivity contribution in [2.75, 3.05) is 13.7 Å². The van der Waals surface area contributed by atoms with E-state index in [9.17, 15) is 4.79 Å². The number of hydrogen-bond donors (Lipinski definition) is 2. The summed E-state index contributed by atoms with van der Waals surface area (Å²) in [6.45, 7) is 2.80. The van der Waals surface area contributed by atoms with Crippen LogP contribution in [0.15, 0.2) is 42.5 Å². The summed E-state index contributed by atoms with van der Waals surface area (Å²) in [5.74, 6) is 0.859. The predicted molar refractivity (Wildman–Crippen MR) is 119 cm³/mol. The van der Waals surface area contributed by atoms with E-state index in [1.54, 1.807) is 7.11 Å².